The maximum absolute atomic E-state index is 10.8. The van der Waals surface area contributed by atoms with E-state index in [0.717, 1.165) is 45.3 Å². The summed E-state index contributed by atoms with van der Waals surface area (Å²) in [6.07, 6.45) is 38.8. The van der Waals surface area contributed by atoms with E-state index in [1.54, 1.807) is 0 Å². The van der Waals surface area contributed by atoms with Crippen molar-refractivity contribution in [2.75, 3.05) is 19.6 Å². The fraction of sp³-hybridized carbons (Fsp3) is 1.00. The lowest BCUT2D eigenvalue weighted by molar-refractivity contribution is 0.0596. The van der Waals surface area contributed by atoms with Crippen LogP contribution in [0.15, 0.2) is 0 Å². The average molecular weight is 582 g/mol. The maximum atomic E-state index is 10.8. The zero-order chi connectivity index (χ0) is 30.1. The molecule has 0 aromatic rings. The molecule has 0 bridgehead atoms. The highest BCUT2D eigenvalue weighted by atomic mass is 16.3. The molecule has 3 heteroatoms. The summed E-state index contributed by atoms with van der Waals surface area (Å²) in [5.74, 6) is 0. The Morgan fingerprint density at radius 1 is 0.341 bits per heavy atom. The summed E-state index contributed by atoms with van der Waals surface area (Å²) >= 11 is 0. The summed E-state index contributed by atoms with van der Waals surface area (Å²) in [4.78, 5) is 2.39. The van der Waals surface area contributed by atoms with Crippen LogP contribution in [0.2, 0.25) is 0 Å². The Hall–Kier alpha value is -0.120. The van der Waals surface area contributed by atoms with Crippen molar-refractivity contribution in [2.24, 2.45) is 0 Å². The molecule has 41 heavy (non-hydrogen) atoms. The molecule has 0 amide bonds. The summed E-state index contributed by atoms with van der Waals surface area (Å²) in [5.41, 5.74) is 0. The third-order valence-electron chi connectivity index (χ3n) is 9.05. The largest absolute Gasteiger partial charge is 0.392 e. The van der Waals surface area contributed by atoms with Gasteiger partial charge in [0.05, 0.1) is 12.2 Å². The van der Waals surface area contributed by atoms with Crippen molar-refractivity contribution in [3.63, 3.8) is 0 Å². The number of unbranched alkanes of at least 4 members (excludes halogenated alkanes) is 25. The first kappa shape index (κ1) is 40.9. The molecule has 2 atom stereocenters. The van der Waals surface area contributed by atoms with E-state index >= 15 is 0 Å². The molecule has 0 aliphatic heterocycles. The minimum atomic E-state index is -0.247. The van der Waals surface area contributed by atoms with Gasteiger partial charge in [-0.15, -0.1) is 0 Å². The van der Waals surface area contributed by atoms with E-state index in [1.807, 2.05) is 0 Å². The van der Waals surface area contributed by atoms with Crippen molar-refractivity contribution in [3.05, 3.63) is 0 Å². The highest BCUT2D eigenvalue weighted by Gasteiger charge is 2.15. The first-order valence-electron chi connectivity index (χ1n) is 19.2. The molecule has 0 saturated heterocycles. The second-order valence-corrected chi connectivity index (χ2v) is 13.5. The van der Waals surface area contributed by atoms with Crippen LogP contribution in [0.5, 0.6) is 0 Å². The Balaban J connectivity index is 4.18. The molecule has 0 aromatic heterocycles. The van der Waals surface area contributed by atoms with Gasteiger partial charge in [0.1, 0.15) is 0 Å². The topological polar surface area (TPSA) is 43.7 Å². The highest BCUT2D eigenvalue weighted by Crippen LogP contribution is 2.15. The van der Waals surface area contributed by atoms with E-state index in [0.29, 0.717) is 0 Å². The van der Waals surface area contributed by atoms with Crippen molar-refractivity contribution in [1.29, 1.82) is 0 Å². The van der Waals surface area contributed by atoms with Gasteiger partial charge in [-0.2, -0.15) is 0 Å². The highest BCUT2D eigenvalue weighted by molar-refractivity contribution is 4.70. The van der Waals surface area contributed by atoms with Crippen LogP contribution in [-0.4, -0.2) is 47.0 Å². The summed E-state index contributed by atoms with van der Waals surface area (Å²) in [6.45, 7) is 9.35. The van der Waals surface area contributed by atoms with Gasteiger partial charge in [-0.1, -0.05) is 194 Å². The molecule has 0 aliphatic carbocycles. The van der Waals surface area contributed by atoms with E-state index in [4.69, 9.17) is 0 Å². The third kappa shape index (κ3) is 32.6. The fourth-order valence-electron chi connectivity index (χ4n) is 6.24. The molecule has 2 unspecified atom stereocenters. The summed E-state index contributed by atoms with van der Waals surface area (Å²) < 4.78 is 0. The zero-order valence-electron chi connectivity index (χ0n) is 28.8. The fourth-order valence-corrected chi connectivity index (χ4v) is 6.24. The van der Waals surface area contributed by atoms with Gasteiger partial charge in [-0.25, -0.2) is 0 Å². The first-order valence-corrected chi connectivity index (χ1v) is 19.2. The Morgan fingerprint density at radius 3 is 0.878 bits per heavy atom. The minimum absolute atomic E-state index is 0.247. The first-order chi connectivity index (χ1) is 20.1. The molecule has 0 spiro atoms. The van der Waals surface area contributed by atoms with Gasteiger partial charge in [0, 0.05) is 13.1 Å². The van der Waals surface area contributed by atoms with E-state index in [9.17, 15) is 10.2 Å². The Morgan fingerprint density at radius 2 is 0.585 bits per heavy atom. The van der Waals surface area contributed by atoms with Gasteiger partial charge in [0.15, 0.2) is 0 Å². The van der Waals surface area contributed by atoms with Crippen LogP contribution >= 0.6 is 0 Å². The van der Waals surface area contributed by atoms with Crippen LogP contribution in [0.25, 0.3) is 0 Å². The monoisotopic (exact) mass is 582 g/mol. The van der Waals surface area contributed by atoms with Gasteiger partial charge < -0.3 is 10.2 Å². The van der Waals surface area contributed by atoms with Gasteiger partial charge in [0.25, 0.3) is 0 Å². The van der Waals surface area contributed by atoms with E-state index in [-0.39, 0.29) is 12.2 Å². The van der Waals surface area contributed by atoms with Crippen LogP contribution < -0.4 is 0 Å². The number of hydrogen-bond donors (Lipinski definition) is 2. The smallest absolute Gasteiger partial charge is 0.0667 e. The van der Waals surface area contributed by atoms with Crippen molar-refractivity contribution < 1.29 is 10.2 Å². The summed E-state index contributed by atoms with van der Waals surface area (Å²) in [5, 5.41) is 21.6. The molecular formula is C38H79NO2. The van der Waals surface area contributed by atoms with E-state index < -0.39 is 0 Å². The van der Waals surface area contributed by atoms with Crippen molar-refractivity contribution in [1.82, 2.24) is 4.90 Å². The molecule has 0 aliphatic rings. The maximum Gasteiger partial charge on any atom is 0.0667 e. The third-order valence-corrected chi connectivity index (χ3v) is 9.05. The Labute approximate surface area is 260 Å². The van der Waals surface area contributed by atoms with Crippen LogP contribution in [0.1, 0.15) is 213 Å². The normalized spacial score (nSPS) is 13.3. The molecule has 248 valence electrons. The zero-order valence-corrected chi connectivity index (χ0v) is 28.8. The molecule has 0 rings (SSSR count). The lowest BCUT2D eigenvalue weighted by Gasteiger charge is -2.27. The number of hydrogen-bond acceptors (Lipinski definition) is 3. The van der Waals surface area contributed by atoms with Crippen LogP contribution in [0, 0.1) is 0 Å². The van der Waals surface area contributed by atoms with Crippen LogP contribution in [0.3, 0.4) is 0 Å². The molecule has 3 nitrogen and oxygen atoms in total. The number of nitrogens with zero attached hydrogens (tertiary/aromatic N) is 1. The number of rotatable bonds is 35. The predicted octanol–water partition coefficient (Wildman–Crippen LogP) is 11.8. The van der Waals surface area contributed by atoms with Gasteiger partial charge >= 0.3 is 0 Å². The number of aliphatic hydroxyl groups excluding tert-OH is 2. The Kier molecular flexibility index (Phi) is 34.3. The lowest BCUT2D eigenvalue weighted by atomic mass is 10.0. The number of aliphatic hydroxyl groups is 2. The standard InChI is InChI=1S/C38H79NO2/c1-4-7-10-13-16-19-20-21-22-25-28-31-34-39(35-37(40)32-29-26-23-17-14-11-8-5-2)36-38(41)33-30-27-24-18-15-12-9-6-3/h37-38,40-41H,4-36H2,1-3H3. The van der Waals surface area contributed by atoms with Crippen LogP contribution in [0.4, 0.5) is 0 Å². The quantitative estimate of drug-likeness (QED) is 0.0731. The van der Waals surface area contributed by atoms with Crippen LogP contribution in [-0.2, 0) is 0 Å². The molecule has 0 saturated carbocycles. The summed E-state index contributed by atoms with van der Waals surface area (Å²) in [7, 11) is 0. The molecule has 0 aromatic carbocycles. The van der Waals surface area contributed by atoms with Crippen molar-refractivity contribution in [2.45, 2.75) is 226 Å². The van der Waals surface area contributed by atoms with E-state index in [2.05, 4.69) is 25.7 Å². The summed E-state index contributed by atoms with van der Waals surface area (Å²) in [6, 6.07) is 0. The molecule has 2 N–H and O–H groups in total. The van der Waals surface area contributed by atoms with E-state index in [1.165, 1.54) is 167 Å². The predicted molar refractivity (Wildman–Crippen MR) is 184 cm³/mol. The van der Waals surface area contributed by atoms with Gasteiger partial charge in [0.2, 0.25) is 0 Å². The SMILES string of the molecule is CCCCCCCCCCCCCCN(CC(O)CCCCCCCCCC)CC(O)CCCCCCCCCC. The lowest BCUT2D eigenvalue weighted by Crippen LogP contribution is -2.38. The second kappa shape index (κ2) is 34.4. The van der Waals surface area contributed by atoms with Crippen molar-refractivity contribution in [3.8, 4) is 0 Å². The average Bonchev–Trinajstić information content (AvgIpc) is 2.96. The minimum Gasteiger partial charge on any atom is -0.392 e. The molecule has 0 fully saturated rings. The van der Waals surface area contributed by atoms with Gasteiger partial charge in [-0.3, -0.25) is 4.90 Å². The molecular weight excluding hydrogens is 502 g/mol. The second-order valence-electron chi connectivity index (χ2n) is 13.5. The van der Waals surface area contributed by atoms with Gasteiger partial charge in [-0.05, 0) is 25.8 Å². The molecule has 0 radical (unpaired) electrons. The Bertz CT molecular complexity index is 443. The molecule has 0 heterocycles. The van der Waals surface area contributed by atoms with Crippen molar-refractivity contribution >= 4 is 0 Å².